The highest BCUT2D eigenvalue weighted by Gasteiger charge is 2.31. The molecule has 1 aromatic carbocycles. The molecule has 0 N–H and O–H groups in total. The quantitative estimate of drug-likeness (QED) is 0.738. The van der Waals surface area contributed by atoms with E-state index in [9.17, 15) is 0 Å². The van der Waals surface area contributed by atoms with Crippen LogP contribution in [0, 0.1) is 0 Å². The molecular weight excluding hydrogens is 222 g/mol. The molecule has 3 rings (SSSR count). The number of hydrogen-bond donors (Lipinski definition) is 0. The average Bonchev–Trinajstić information content (AvgIpc) is 2.71. The predicted molar refractivity (Wildman–Crippen MR) is 71.8 cm³/mol. The number of likely N-dealkylation sites (N-methyl/N-ethyl adjacent to an activating group) is 1. The molecule has 1 aliphatic rings. The van der Waals surface area contributed by atoms with Crippen LogP contribution in [0.3, 0.4) is 0 Å². The van der Waals surface area contributed by atoms with Crippen LogP contribution in [0.4, 0.5) is 0 Å². The Balaban J connectivity index is 1.81. The van der Waals surface area contributed by atoms with Crippen LogP contribution in [0.5, 0.6) is 0 Å². The maximum absolute atomic E-state index is 4.54. The fourth-order valence-corrected chi connectivity index (χ4v) is 2.93. The fourth-order valence-electron chi connectivity index (χ4n) is 2.93. The summed E-state index contributed by atoms with van der Waals surface area (Å²) in [6.07, 6.45) is 3.08. The molecule has 0 amide bonds. The molecule has 0 spiro atoms. The van der Waals surface area contributed by atoms with Crippen LogP contribution in [0.25, 0.3) is 0 Å². The minimum Gasteiger partial charge on any atom is -0.337 e. The van der Waals surface area contributed by atoms with Crippen LogP contribution in [0.2, 0.25) is 0 Å². The van der Waals surface area contributed by atoms with Crippen molar-refractivity contribution in [3.8, 4) is 0 Å². The Morgan fingerprint density at radius 1 is 1.28 bits per heavy atom. The van der Waals surface area contributed by atoms with Crippen molar-refractivity contribution in [1.82, 2.24) is 9.55 Å². The summed E-state index contributed by atoms with van der Waals surface area (Å²) in [5.41, 5.74) is 4.11. The van der Waals surface area contributed by atoms with Gasteiger partial charge in [0.05, 0.1) is 25.6 Å². The van der Waals surface area contributed by atoms with Gasteiger partial charge in [-0.25, -0.2) is 4.98 Å². The molecule has 1 unspecified atom stereocenters. The first-order chi connectivity index (χ1) is 8.66. The van der Waals surface area contributed by atoms with Crippen molar-refractivity contribution in [2.45, 2.75) is 19.5 Å². The molecule has 18 heavy (non-hydrogen) atoms. The summed E-state index contributed by atoms with van der Waals surface area (Å²) in [5, 5.41) is 0. The van der Waals surface area contributed by atoms with Gasteiger partial charge in [0.25, 0.3) is 0 Å². The van der Waals surface area contributed by atoms with Gasteiger partial charge in [-0.15, -0.1) is 0 Å². The minimum atomic E-state index is 1.05. The number of fused-ring (bicyclic) bond motifs is 1. The van der Waals surface area contributed by atoms with Gasteiger partial charge in [0, 0.05) is 19.0 Å². The maximum Gasteiger partial charge on any atom is 0.124 e. The molecule has 0 saturated heterocycles. The molecule has 1 aliphatic heterocycles. The van der Waals surface area contributed by atoms with E-state index in [0.717, 1.165) is 24.0 Å². The molecule has 3 heteroatoms. The molecule has 1 aromatic heterocycles. The lowest BCUT2D eigenvalue weighted by Crippen LogP contribution is -2.47. The lowest BCUT2D eigenvalue weighted by Gasteiger charge is -2.37. The lowest BCUT2D eigenvalue weighted by molar-refractivity contribution is -0.937. The summed E-state index contributed by atoms with van der Waals surface area (Å²) in [4.78, 5) is 4.54. The number of nitrogens with zero attached hydrogens (tertiary/aromatic N) is 3. The van der Waals surface area contributed by atoms with Crippen LogP contribution in [0.1, 0.15) is 17.0 Å². The maximum atomic E-state index is 4.54. The SMILES string of the molecule is Cn1cnc2c1CC[N+](C)(Cc1ccccc1)C2. The van der Waals surface area contributed by atoms with E-state index in [2.05, 4.69) is 54.0 Å². The lowest BCUT2D eigenvalue weighted by atomic mass is 10.1. The molecule has 0 aliphatic carbocycles. The number of aromatic nitrogens is 2. The average molecular weight is 242 g/mol. The summed E-state index contributed by atoms with van der Waals surface area (Å²) in [6, 6.07) is 10.8. The second-order valence-electron chi connectivity index (χ2n) is 5.64. The minimum absolute atomic E-state index is 1.05. The van der Waals surface area contributed by atoms with E-state index in [1.165, 1.54) is 23.5 Å². The van der Waals surface area contributed by atoms with E-state index in [4.69, 9.17) is 0 Å². The zero-order chi connectivity index (χ0) is 12.6. The third-order valence-corrected chi connectivity index (χ3v) is 3.97. The Morgan fingerprint density at radius 3 is 2.83 bits per heavy atom. The molecule has 0 bridgehead atoms. The van der Waals surface area contributed by atoms with Gasteiger partial charge in [-0.05, 0) is 0 Å². The number of quaternary nitrogens is 1. The van der Waals surface area contributed by atoms with E-state index in [-0.39, 0.29) is 0 Å². The van der Waals surface area contributed by atoms with Crippen molar-refractivity contribution in [3.05, 3.63) is 53.6 Å². The van der Waals surface area contributed by atoms with Crippen molar-refractivity contribution in [2.24, 2.45) is 7.05 Å². The van der Waals surface area contributed by atoms with E-state index in [0.29, 0.717) is 0 Å². The Hall–Kier alpha value is -1.61. The highest BCUT2D eigenvalue weighted by atomic mass is 15.3. The van der Waals surface area contributed by atoms with E-state index < -0.39 is 0 Å². The second-order valence-corrected chi connectivity index (χ2v) is 5.64. The highest BCUT2D eigenvalue weighted by Crippen LogP contribution is 2.24. The fraction of sp³-hybridized carbons (Fsp3) is 0.400. The topological polar surface area (TPSA) is 17.8 Å². The van der Waals surface area contributed by atoms with Gasteiger partial charge in [0.2, 0.25) is 0 Å². The van der Waals surface area contributed by atoms with Crippen molar-refractivity contribution < 1.29 is 4.48 Å². The van der Waals surface area contributed by atoms with Crippen molar-refractivity contribution in [2.75, 3.05) is 13.6 Å². The van der Waals surface area contributed by atoms with Crippen molar-refractivity contribution in [3.63, 3.8) is 0 Å². The van der Waals surface area contributed by atoms with Crippen LogP contribution < -0.4 is 0 Å². The number of hydrogen-bond acceptors (Lipinski definition) is 1. The Morgan fingerprint density at radius 2 is 2.06 bits per heavy atom. The van der Waals surface area contributed by atoms with Crippen LogP contribution in [-0.4, -0.2) is 27.6 Å². The molecule has 2 aromatic rings. The van der Waals surface area contributed by atoms with Gasteiger partial charge in [0.15, 0.2) is 0 Å². The largest absolute Gasteiger partial charge is 0.337 e. The third-order valence-electron chi connectivity index (χ3n) is 3.97. The first-order valence-corrected chi connectivity index (χ1v) is 6.53. The van der Waals surface area contributed by atoms with Gasteiger partial charge in [0.1, 0.15) is 18.8 Å². The summed E-state index contributed by atoms with van der Waals surface area (Å²) >= 11 is 0. The third kappa shape index (κ3) is 2.06. The first kappa shape index (κ1) is 11.5. The highest BCUT2D eigenvalue weighted by molar-refractivity contribution is 5.16. The van der Waals surface area contributed by atoms with Crippen LogP contribution in [0.15, 0.2) is 36.7 Å². The molecule has 1 atom stereocenters. The zero-order valence-electron chi connectivity index (χ0n) is 11.1. The van der Waals surface area contributed by atoms with E-state index in [1.807, 2.05) is 6.33 Å². The summed E-state index contributed by atoms with van der Waals surface area (Å²) in [7, 11) is 4.43. The Kier molecular flexibility index (Phi) is 2.71. The number of rotatable bonds is 2. The standard InChI is InChI=1S/C15H20N3/c1-17-12-16-14-11-18(2,9-8-15(14)17)10-13-6-4-3-5-7-13/h3-7,12H,8-11H2,1-2H3/q+1. The van der Waals surface area contributed by atoms with Crippen molar-refractivity contribution >= 4 is 0 Å². The number of aryl methyl sites for hydroxylation is 1. The summed E-state index contributed by atoms with van der Waals surface area (Å²) in [6.45, 7) is 3.34. The summed E-state index contributed by atoms with van der Waals surface area (Å²) in [5.74, 6) is 0. The van der Waals surface area contributed by atoms with Crippen LogP contribution >= 0.6 is 0 Å². The molecular formula is C15H20N3+. The Labute approximate surface area is 108 Å². The number of benzene rings is 1. The first-order valence-electron chi connectivity index (χ1n) is 6.53. The molecule has 0 fully saturated rings. The molecule has 0 radical (unpaired) electrons. The van der Waals surface area contributed by atoms with Crippen LogP contribution in [-0.2, 0) is 26.6 Å². The van der Waals surface area contributed by atoms with Crippen molar-refractivity contribution in [1.29, 1.82) is 0 Å². The molecule has 0 saturated carbocycles. The second kappa shape index (κ2) is 4.25. The van der Waals surface area contributed by atoms with Gasteiger partial charge in [-0.2, -0.15) is 0 Å². The molecule has 94 valence electrons. The molecule has 2 heterocycles. The zero-order valence-corrected chi connectivity index (χ0v) is 11.1. The smallest absolute Gasteiger partial charge is 0.124 e. The Bertz CT molecular complexity index is 544. The van der Waals surface area contributed by atoms with Gasteiger partial charge in [-0.3, -0.25) is 0 Å². The van der Waals surface area contributed by atoms with E-state index in [1.54, 1.807) is 0 Å². The predicted octanol–water partition coefficient (Wildman–Crippen LogP) is 2.12. The summed E-state index contributed by atoms with van der Waals surface area (Å²) < 4.78 is 3.23. The molecule has 3 nitrogen and oxygen atoms in total. The normalized spacial score (nSPS) is 22.8. The van der Waals surface area contributed by atoms with Gasteiger partial charge < -0.3 is 9.05 Å². The monoisotopic (exact) mass is 242 g/mol. The van der Waals surface area contributed by atoms with E-state index >= 15 is 0 Å². The number of imidazole rings is 1. The van der Waals surface area contributed by atoms with Gasteiger partial charge >= 0.3 is 0 Å². The van der Waals surface area contributed by atoms with Gasteiger partial charge in [-0.1, -0.05) is 30.3 Å².